The minimum absolute atomic E-state index is 0.247. The van der Waals surface area contributed by atoms with Crippen LogP contribution in [0.4, 0.5) is 0 Å². The number of nitrogens with zero attached hydrogens (tertiary/aromatic N) is 2. The molecule has 0 saturated carbocycles. The molecule has 0 aromatic heterocycles. The van der Waals surface area contributed by atoms with Crippen LogP contribution in [0, 0.1) is 16.7 Å². The summed E-state index contributed by atoms with van der Waals surface area (Å²) < 4.78 is 5.21. The molecule has 0 bridgehead atoms. The number of rotatable bonds is 6. The van der Waals surface area contributed by atoms with Crippen LogP contribution in [-0.4, -0.2) is 25.6 Å². The lowest BCUT2D eigenvalue weighted by molar-refractivity contribution is 0.279. The number of benzene rings is 1. The molecular formula is C15H22N2O. The Kier molecular flexibility index (Phi) is 5.18. The van der Waals surface area contributed by atoms with Crippen molar-refractivity contribution < 1.29 is 4.74 Å². The van der Waals surface area contributed by atoms with Crippen LogP contribution >= 0.6 is 0 Å². The van der Waals surface area contributed by atoms with Crippen LogP contribution in [0.25, 0.3) is 0 Å². The van der Waals surface area contributed by atoms with Crippen LogP contribution in [0.5, 0.6) is 5.75 Å². The van der Waals surface area contributed by atoms with E-state index in [1.165, 1.54) is 5.56 Å². The Labute approximate surface area is 110 Å². The van der Waals surface area contributed by atoms with Gasteiger partial charge in [0.15, 0.2) is 0 Å². The summed E-state index contributed by atoms with van der Waals surface area (Å²) in [5, 5.41) is 8.98. The third kappa shape index (κ3) is 4.77. The molecule has 0 atom stereocenters. The van der Waals surface area contributed by atoms with Gasteiger partial charge in [-0.05, 0) is 51.6 Å². The molecule has 98 valence electrons. The van der Waals surface area contributed by atoms with Crippen molar-refractivity contribution in [3.8, 4) is 11.8 Å². The summed E-state index contributed by atoms with van der Waals surface area (Å²) in [5.41, 5.74) is 0.981. The van der Waals surface area contributed by atoms with Gasteiger partial charge in [-0.15, -0.1) is 0 Å². The molecule has 1 rings (SSSR count). The highest BCUT2D eigenvalue weighted by Crippen LogP contribution is 2.19. The fourth-order valence-corrected chi connectivity index (χ4v) is 1.69. The number of hydrogen-bond donors (Lipinski definition) is 0. The summed E-state index contributed by atoms with van der Waals surface area (Å²) in [5.74, 6) is 0.887. The molecule has 0 aliphatic rings. The van der Waals surface area contributed by atoms with Gasteiger partial charge >= 0.3 is 0 Å². The molecule has 0 heterocycles. The largest absolute Gasteiger partial charge is 0.497 e. The standard InChI is InChI=1S/C15H22N2O/c1-15(2,12-16)8-9-17(3)11-13-6-5-7-14(10-13)18-4/h5-7,10H,8-9,11H2,1-4H3. The molecule has 0 fully saturated rings. The van der Waals surface area contributed by atoms with Crippen molar-refractivity contribution in [3.05, 3.63) is 29.8 Å². The lowest BCUT2D eigenvalue weighted by atomic mass is 9.91. The van der Waals surface area contributed by atoms with E-state index in [-0.39, 0.29) is 5.41 Å². The summed E-state index contributed by atoms with van der Waals surface area (Å²) >= 11 is 0. The van der Waals surface area contributed by atoms with Crippen molar-refractivity contribution >= 4 is 0 Å². The quantitative estimate of drug-likeness (QED) is 0.774. The third-order valence-electron chi connectivity index (χ3n) is 3.01. The van der Waals surface area contributed by atoms with Crippen LogP contribution < -0.4 is 4.74 Å². The van der Waals surface area contributed by atoms with E-state index in [0.29, 0.717) is 0 Å². The summed E-state index contributed by atoms with van der Waals surface area (Å²) in [6, 6.07) is 10.4. The van der Waals surface area contributed by atoms with Gasteiger partial charge in [0.05, 0.1) is 18.6 Å². The van der Waals surface area contributed by atoms with Gasteiger partial charge in [-0.1, -0.05) is 12.1 Å². The monoisotopic (exact) mass is 246 g/mol. The fourth-order valence-electron chi connectivity index (χ4n) is 1.69. The van der Waals surface area contributed by atoms with Crippen molar-refractivity contribution in [2.75, 3.05) is 20.7 Å². The molecule has 3 nitrogen and oxygen atoms in total. The average Bonchev–Trinajstić information content (AvgIpc) is 2.37. The molecule has 1 aromatic carbocycles. The number of nitriles is 1. The molecule has 0 aliphatic carbocycles. The topological polar surface area (TPSA) is 36.3 Å². The number of methoxy groups -OCH3 is 1. The van der Waals surface area contributed by atoms with E-state index in [4.69, 9.17) is 10.00 Å². The summed E-state index contributed by atoms with van der Waals surface area (Å²) in [4.78, 5) is 2.23. The highest BCUT2D eigenvalue weighted by atomic mass is 16.5. The molecule has 0 amide bonds. The van der Waals surface area contributed by atoms with E-state index in [1.807, 2.05) is 32.0 Å². The van der Waals surface area contributed by atoms with E-state index in [1.54, 1.807) is 7.11 Å². The second-order valence-electron chi connectivity index (χ2n) is 5.33. The smallest absolute Gasteiger partial charge is 0.119 e. The molecule has 0 radical (unpaired) electrons. The lowest BCUT2D eigenvalue weighted by Gasteiger charge is -2.21. The molecule has 18 heavy (non-hydrogen) atoms. The van der Waals surface area contributed by atoms with Gasteiger partial charge in [0.1, 0.15) is 5.75 Å². The highest BCUT2D eigenvalue weighted by Gasteiger charge is 2.17. The normalized spacial score (nSPS) is 11.3. The van der Waals surface area contributed by atoms with Gasteiger partial charge in [0.25, 0.3) is 0 Å². The lowest BCUT2D eigenvalue weighted by Crippen LogP contribution is -2.23. The van der Waals surface area contributed by atoms with Gasteiger partial charge in [0.2, 0.25) is 0 Å². The van der Waals surface area contributed by atoms with Crippen molar-refractivity contribution in [1.29, 1.82) is 5.26 Å². The van der Waals surface area contributed by atoms with Gasteiger partial charge in [0, 0.05) is 6.54 Å². The van der Waals surface area contributed by atoms with Crippen LogP contribution in [0.3, 0.4) is 0 Å². The first kappa shape index (κ1) is 14.5. The van der Waals surface area contributed by atoms with Crippen LogP contribution in [0.1, 0.15) is 25.8 Å². The Morgan fingerprint density at radius 1 is 1.39 bits per heavy atom. The zero-order chi connectivity index (χ0) is 13.6. The van der Waals surface area contributed by atoms with E-state index in [0.717, 1.165) is 25.3 Å². The van der Waals surface area contributed by atoms with E-state index >= 15 is 0 Å². The fraction of sp³-hybridized carbons (Fsp3) is 0.533. The molecule has 0 unspecified atom stereocenters. The minimum Gasteiger partial charge on any atom is -0.497 e. The minimum atomic E-state index is -0.247. The zero-order valence-electron chi connectivity index (χ0n) is 11.7. The molecule has 0 aliphatic heterocycles. The van der Waals surface area contributed by atoms with Crippen molar-refractivity contribution in [2.45, 2.75) is 26.8 Å². The van der Waals surface area contributed by atoms with Gasteiger partial charge in [-0.3, -0.25) is 0 Å². The summed E-state index contributed by atoms with van der Waals surface area (Å²) in [7, 11) is 3.76. The first-order valence-corrected chi connectivity index (χ1v) is 6.19. The van der Waals surface area contributed by atoms with Crippen molar-refractivity contribution in [3.63, 3.8) is 0 Å². The third-order valence-corrected chi connectivity index (χ3v) is 3.01. The Bertz CT molecular complexity index is 421. The van der Waals surface area contributed by atoms with Gasteiger partial charge in [-0.2, -0.15) is 5.26 Å². The Balaban J connectivity index is 2.49. The Morgan fingerprint density at radius 2 is 2.11 bits per heavy atom. The second kappa shape index (κ2) is 6.42. The zero-order valence-corrected chi connectivity index (χ0v) is 11.7. The highest BCUT2D eigenvalue weighted by molar-refractivity contribution is 5.28. The maximum absolute atomic E-state index is 8.98. The van der Waals surface area contributed by atoms with Gasteiger partial charge in [-0.25, -0.2) is 0 Å². The molecule has 1 aromatic rings. The maximum Gasteiger partial charge on any atom is 0.119 e. The second-order valence-corrected chi connectivity index (χ2v) is 5.33. The van der Waals surface area contributed by atoms with Crippen LogP contribution in [-0.2, 0) is 6.54 Å². The average molecular weight is 246 g/mol. The van der Waals surface area contributed by atoms with E-state index < -0.39 is 0 Å². The maximum atomic E-state index is 8.98. The molecule has 0 N–H and O–H groups in total. The molecule has 0 saturated heterocycles. The molecular weight excluding hydrogens is 224 g/mol. The van der Waals surface area contributed by atoms with Crippen molar-refractivity contribution in [2.24, 2.45) is 5.41 Å². The van der Waals surface area contributed by atoms with Crippen molar-refractivity contribution in [1.82, 2.24) is 4.90 Å². The van der Waals surface area contributed by atoms with E-state index in [9.17, 15) is 0 Å². The SMILES string of the molecule is COc1cccc(CN(C)CCC(C)(C)C#N)c1. The molecule has 3 heteroatoms. The molecule has 0 spiro atoms. The van der Waals surface area contributed by atoms with Crippen LogP contribution in [0.15, 0.2) is 24.3 Å². The van der Waals surface area contributed by atoms with Gasteiger partial charge < -0.3 is 9.64 Å². The first-order chi connectivity index (χ1) is 8.46. The van der Waals surface area contributed by atoms with E-state index in [2.05, 4.69) is 24.1 Å². The summed E-state index contributed by atoms with van der Waals surface area (Å²) in [6.07, 6.45) is 0.879. The summed E-state index contributed by atoms with van der Waals surface area (Å²) in [6.45, 7) is 5.75. The first-order valence-electron chi connectivity index (χ1n) is 6.19. The number of ether oxygens (including phenoxy) is 1. The predicted octanol–water partition coefficient (Wildman–Crippen LogP) is 3.07. The van der Waals surface area contributed by atoms with Crippen LogP contribution in [0.2, 0.25) is 0 Å². The predicted molar refractivity (Wildman–Crippen MR) is 73.3 cm³/mol. The Morgan fingerprint density at radius 3 is 2.72 bits per heavy atom. The number of hydrogen-bond acceptors (Lipinski definition) is 3. The Hall–Kier alpha value is -1.53.